The summed E-state index contributed by atoms with van der Waals surface area (Å²) in [6.07, 6.45) is 8.07. The third-order valence-corrected chi connectivity index (χ3v) is 7.59. The zero-order valence-electron chi connectivity index (χ0n) is 25.3. The first-order valence-corrected chi connectivity index (χ1v) is 15.1. The van der Waals surface area contributed by atoms with E-state index in [2.05, 4.69) is 36.5 Å². The number of rotatable bonds is 7. The fourth-order valence-corrected chi connectivity index (χ4v) is 5.34. The van der Waals surface area contributed by atoms with Crippen LogP contribution in [0.4, 0.5) is 16.2 Å². The van der Waals surface area contributed by atoms with Crippen LogP contribution in [-0.4, -0.2) is 62.9 Å². The average Bonchev–Trinajstić information content (AvgIpc) is 3.59. The van der Waals surface area contributed by atoms with Crippen LogP contribution < -0.4 is 16.0 Å². The number of anilines is 2. The van der Waals surface area contributed by atoms with Crippen LogP contribution >= 0.6 is 11.6 Å². The van der Waals surface area contributed by atoms with Crippen molar-refractivity contribution in [3.05, 3.63) is 83.4 Å². The summed E-state index contributed by atoms with van der Waals surface area (Å²) in [4.78, 5) is 42.7. The lowest BCUT2D eigenvalue weighted by molar-refractivity contribution is -0.144. The first-order chi connectivity index (χ1) is 22.3. The van der Waals surface area contributed by atoms with Gasteiger partial charge in [-0.2, -0.15) is 4.68 Å². The van der Waals surface area contributed by atoms with Crippen LogP contribution in [0.3, 0.4) is 0 Å². The molecule has 0 spiro atoms. The maximum atomic E-state index is 13.3. The lowest BCUT2D eigenvalue weighted by Crippen LogP contribution is -2.32. The molecule has 2 amide bonds. The minimum atomic E-state index is -0.629. The molecule has 0 saturated heterocycles. The van der Waals surface area contributed by atoms with Crippen molar-refractivity contribution in [3.8, 4) is 16.8 Å². The number of hydrogen-bond donors (Lipinski definition) is 3. The summed E-state index contributed by atoms with van der Waals surface area (Å²) in [6, 6.07) is 13.3. The second-order valence-corrected chi connectivity index (χ2v) is 10.9. The number of aromatic nitrogens is 5. The van der Waals surface area contributed by atoms with E-state index in [0.717, 1.165) is 11.1 Å². The Morgan fingerprint density at radius 2 is 1.96 bits per heavy atom. The number of nitrogens with zero attached hydrogens (tertiary/aromatic N) is 5. The molecule has 0 aliphatic carbocycles. The molecule has 1 aliphatic heterocycles. The van der Waals surface area contributed by atoms with Crippen molar-refractivity contribution in [2.45, 2.75) is 44.7 Å². The average molecular weight is 645 g/mol. The van der Waals surface area contributed by atoms with Crippen molar-refractivity contribution < 1.29 is 23.9 Å². The maximum absolute atomic E-state index is 13.3. The number of amides is 2. The molecule has 2 aromatic heterocycles. The first-order valence-electron chi connectivity index (χ1n) is 14.7. The van der Waals surface area contributed by atoms with Crippen molar-refractivity contribution in [1.82, 2.24) is 30.5 Å². The number of fused-ring (bicyclic) bond motifs is 4. The third kappa shape index (κ3) is 8.04. The van der Waals surface area contributed by atoms with Gasteiger partial charge in [0, 0.05) is 39.8 Å². The number of esters is 1. The fourth-order valence-electron chi connectivity index (χ4n) is 5.16. The molecule has 14 heteroatoms. The number of pyridine rings is 1. The Labute approximate surface area is 270 Å². The summed E-state index contributed by atoms with van der Waals surface area (Å²) < 4.78 is 11.6. The van der Waals surface area contributed by atoms with E-state index in [1.165, 1.54) is 24.2 Å². The Kier molecular flexibility index (Phi) is 10.6. The number of tetrazole rings is 1. The Morgan fingerprint density at radius 3 is 2.74 bits per heavy atom. The highest BCUT2D eigenvalue weighted by atomic mass is 35.5. The molecule has 5 rings (SSSR count). The van der Waals surface area contributed by atoms with Crippen LogP contribution in [0, 0.1) is 0 Å². The van der Waals surface area contributed by atoms with E-state index in [-0.39, 0.29) is 18.5 Å². The highest BCUT2D eigenvalue weighted by Crippen LogP contribution is 2.34. The Bertz CT molecular complexity index is 1730. The Morgan fingerprint density at radius 1 is 1.11 bits per heavy atom. The van der Waals surface area contributed by atoms with Crippen molar-refractivity contribution in [1.29, 1.82) is 0 Å². The van der Waals surface area contributed by atoms with Gasteiger partial charge in [-0.15, -0.1) is 5.10 Å². The van der Waals surface area contributed by atoms with Gasteiger partial charge in [-0.05, 0) is 84.3 Å². The number of carbonyl (C=O) groups excluding carboxylic acids is 3. The molecule has 0 radical (unpaired) electrons. The quantitative estimate of drug-likeness (QED) is 0.177. The van der Waals surface area contributed by atoms with Gasteiger partial charge in [0.2, 0.25) is 5.91 Å². The van der Waals surface area contributed by atoms with Gasteiger partial charge in [0.1, 0.15) is 12.4 Å². The monoisotopic (exact) mass is 644 g/mol. The zero-order valence-corrected chi connectivity index (χ0v) is 26.0. The number of benzene rings is 2. The van der Waals surface area contributed by atoms with E-state index in [4.69, 9.17) is 21.1 Å². The van der Waals surface area contributed by atoms with Crippen molar-refractivity contribution in [2.24, 2.45) is 0 Å². The van der Waals surface area contributed by atoms with E-state index in [1.54, 1.807) is 49.5 Å². The van der Waals surface area contributed by atoms with Gasteiger partial charge in [-0.3, -0.25) is 15.1 Å². The summed E-state index contributed by atoms with van der Waals surface area (Å²) in [7, 11) is 1.28. The number of hydrogen-bond acceptors (Lipinski definition) is 10. The van der Waals surface area contributed by atoms with Gasteiger partial charge in [0.25, 0.3) is 0 Å². The molecule has 0 saturated carbocycles. The molecule has 3 N–H and O–H groups in total. The predicted octanol–water partition coefficient (Wildman–Crippen LogP) is 5.34. The largest absolute Gasteiger partial charge is 0.464 e. The summed E-state index contributed by atoms with van der Waals surface area (Å²) in [5, 5.41) is 20.9. The molecule has 3 heterocycles. The number of nitrogens with one attached hydrogen (secondary N) is 3. The maximum Gasteiger partial charge on any atom is 0.411 e. The van der Waals surface area contributed by atoms with E-state index in [9.17, 15) is 14.4 Å². The van der Waals surface area contributed by atoms with Gasteiger partial charge in [0.15, 0.2) is 0 Å². The van der Waals surface area contributed by atoms with Crippen LogP contribution in [0.1, 0.15) is 49.9 Å². The molecular weight excluding hydrogens is 612 g/mol. The molecular formula is C32H33ClN8O5. The predicted molar refractivity (Wildman–Crippen MR) is 172 cm³/mol. The molecule has 2 aromatic carbocycles. The van der Waals surface area contributed by atoms with Crippen LogP contribution in [0.5, 0.6) is 0 Å². The second kappa shape index (κ2) is 15.1. The molecule has 1 unspecified atom stereocenters. The highest BCUT2D eigenvalue weighted by molar-refractivity contribution is 6.30. The lowest BCUT2D eigenvalue weighted by Gasteiger charge is -2.24. The first kappa shape index (κ1) is 32.1. The molecule has 2 atom stereocenters. The van der Waals surface area contributed by atoms with Crippen LogP contribution in [0.2, 0.25) is 5.02 Å². The van der Waals surface area contributed by atoms with Gasteiger partial charge >= 0.3 is 12.1 Å². The van der Waals surface area contributed by atoms with Crippen molar-refractivity contribution >= 4 is 47.0 Å². The van der Waals surface area contributed by atoms with Crippen molar-refractivity contribution in [3.63, 3.8) is 0 Å². The number of methoxy groups -OCH3 is 1. The van der Waals surface area contributed by atoms with Crippen LogP contribution in [0.25, 0.3) is 22.9 Å². The molecule has 0 fully saturated rings. The Hall–Kier alpha value is -5.30. The second-order valence-electron chi connectivity index (χ2n) is 10.4. The minimum absolute atomic E-state index is 0.246. The third-order valence-electron chi connectivity index (χ3n) is 7.35. The van der Waals surface area contributed by atoms with E-state index >= 15 is 0 Å². The standard InChI is InChI=1S/C32H33ClN8O5/c1-3-46-31(43)26-7-5-4-6-25(38-30(42)13-8-21-16-22(33)9-12-29(21)41-19-35-39-40-41)28-17-20(14-15-34-28)24-11-10-23(18-27(24)37-26)36-32(44)45-2/h8-19,25-26,37H,3-7H2,1-2H3,(H,36,44)(H,38,42)/b13-8+/t25-,26?/m0/s1. The molecule has 238 valence electrons. The smallest absolute Gasteiger partial charge is 0.411 e. The van der Waals surface area contributed by atoms with Gasteiger partial charge in [-0.1, -0.05) is 30.5 Å². The number of carbonyl (C=O) groups is 3. The van der Waals surface area contributed by atoms with Crippen LogP contribution in [0.15, 0.2) is 67.1 Å². The molecule has 46 heavy (non-hydrogen) atoms. The SMILES string of the molecule is CCOC(=O)C1CCCC[C@H](NC(=O)/C=C/c2cc(Cl)ccc2-n2cnnn2)c2cc(ccn2)-c2ccc(NC(=O)OC)cc2N1. The van der Waals surface area contributed by atoms with E-state index in [1.807, 2.05) is 18.2 Å². The minimum Gasteiger partial charge on any atom is -0.464 e. The summed E-state index contributed by atoms with van der Waals surface area (Å²) in [5.74, 6) is -0.693. The lowest BCUT2D eigenvalue weighted by atomic mass is 9.96. The normalized spacial score (nSPS) is 16.2. The van der Waals surface area contributed by atoms with Gasteiger partial charge in [-0.25, -0.2) is 9.59 Å². The highest BCUT2D eigenvalue weighted by Gasteiger charge is 2.24. The van der Waals surface area contributed by atoms with Crippen LogP contribution in [-0.2, 0) is 19.1 Å². The van der Waals surface area contributed by atoms with Gasteiger partial charge < -0.3 is 20.1 Å². The fraction of sp³-hybridized carbons (Fsp3) is 0.281. The Balaban J connectivity index is 1.45. The summed E-state index contributed by atoms with van der Waals surface area (Å²) in [5.41, 5.74) is 4.68. The van der Waals surface area contributed by atoms with Crippen molar-refractivity contribution in [2.75, 3.05) is 24.4 Å². The molecule has 13 nitrogen and oxygen atoms in total. The van der Waals surface area contributed by atoms with Gasteiger partial charge in [0.05, 0.1) is 31.1 Å². The number of halogens is 1. The molecule has 4 aromatic rings. The molecule has 2 bridgehead atoms. The number of ether oxygens (including phenoxy) is 2. The topological polar surface area (TPSA) is 162 Å². The zero-order chi connectivity index (χ0) is 32.5. The summed E-state index contributed by atoms with van der Waals surface area (Å²) in [6.45, 7) is 2.01. The van der Waals surface area contributed by atoms with E-state index in [0.29, 0.717) is 59.0 Å². The summed E-state index contributed by atoms with van der Waals surface area (Å²) >= 11 is 6.23. The molecule has 1 aliphatic rings. The van der Waals surface area contributed by atoms with E-state index < -0.39 is 18.2 Å².